The van der Waals surface area contributed by atoms with Gasteiger partial charge in [-0.3, -0.25) is 0 Å². The van der Waals surface area contributed by atoms with Crippen molar-refractivity contribution in [3.8, 4) is 6.07 Å². The van der Waals surface area contributed by atoms with Gasteiger partial charge in [-0.2, -0.15) is 5.26 Å². The first-order valence-electron chi connectivity index (χ1n) is 3.92. The second kappa shape index (κ2) is 3.53. The molecule has 1 rings (SSSR count). The average Bonchev–Trinajstić information content (AvgIpc) is 2.49. The minimum atomic E-state index is -1.81. The number of carbonyl (C=O) groups is 1. The molecule has 0 aliphatic heterocycles. The first-order valence-corrected chi connectivity index (χ1v) is 3.92. The minimum Gasteiger partial charge on any atom is -0.448 e. The Morgan fingerprint density at radius 2 is 2.17 bits per heavy atom. The molecule has 0 aromatic rings. The molecule has 0 aromatic heterocycles. The first-order chi connectivity index (χ1) is 5.69. The van der Waals surface area contributed by atoms with Crippen LogP contribution in [0.2, 0.25) is 0 Å². The van der Waals surface area contributed by atoms with E-state index in [1.807, 2.05) is 0 Å². The number of hydrogen-bond donors (Lipinski definition) is 0. The van der Waals surface area contributed by atoms with E-state index in [4.69, 9.17) is 5.26 Å². The zero-order valence-corrected chi connectivity index (χ0v) is 6.68. The molecule has 1 aliphatic carbocycles. The summed E-state index contributed by atoms with van der Waals surface area (Å²) < 4.78 is 17.8. The Balaban J connectivity index is 2.45. The van der Waals surface area contributed by atoms with Gasteiger partial charge in [0.15, 0.2) is 6.61 Å². The van der Waals surface area contributed by atoms with E-state index in [-0.39, 0.29) is 19.4 Å². The van der Waals surface area contributed by atoms with E-state index in [0.717, 1.165) is 12.8 Å². The Morgan fingerprint density at radius 3 is 2.67 bits per heavy atom. The fourth-order valence-corrected chi connectivity index (χ4v) is 1.37. The Bertz CT molecular complexity index is 216. The summed E-state index contributed by atoms with van der Waals surface area (Å²) in [4.78, 5) is 11.0. The van der Waals surface area contributed by atoms with Crippen molar-refractivity contribution in [2.75, 3.05) is 6.61 Å². The predicted molar refractivity (Wildman–Crippen MR) is 38.9 cm³/mol. The summed E-state index contributed by atoms with van der Waals surface area (Å²) in [7, 11) is 0. The number of esters is 1. The van der Waals surface area contributed by atoms with E-state index in [1.165, 1.54) is 0 Å². The summed E-state index contributed by atoms with van der Waals surface area (Å²) in [5.41, 5.74) is -1.81. The molecule has 3 nitrogen and oxygen atoms in total. The number of nitriles is 1. The molecule has 66 valence electrons. The van der Waals surface area contributed by atoms with Crippen LogP contribution in [0.5, 0.6) is 0 Å². The lowest BCUT2D eigenvalue weighted by Crippen LogP contribution is -2.32. The molecule has 12 heavy (non-hydrogen) atoms. The van der Waals surface area contributed by atoms with Crippen molar-refractivity contribution >= 4 is 5.97 Å². The summed E-state index contributed by atoms with van der Waals surface area (Å²) >= 11 is 0. The van der Waals surface area contributed by atoms with Gasteiger partial charge in [0.05, 0.1) is 0 Å². The molecule has 0 saturated heterocycles. The highest BCUT2D eigenvalue weighted by Crippen LogP contribution is 2.34. The van der Waals surface area contributed by atoms with Gasteiger partial charge in [0, 0.05) is 0 Å². The second-order valence-electron chi connectivity index (χ2n) is 2.91. The highest BCUT2D eigenvalue weighted by molar-refractivity contribution is 5.79. The number of nitrogens with zero attached hydrogens (tertiary/aromatic N) is 1. The monoisotopic (exact) mass is 171 g/mol. The fourth-order valence-electron chi connectivity index (χ4n) is 1.37. The zero-order chi connectivity index (χ0) is 9.03. The van der Waals surface area contributed by atoms with Gasteiger partial charge in [0.2, 0.25) is 5.67 Å². The third kappa shape index (κ3) is 1.73. The second-order valence-corrected chi connectivity index (χ2v) is 2.91. The summed E-state index contributed by atoms with van der Waals surface area (Å²) in [5.74, 6) is -0.874. The molecule has 0 bridgehead atoms. The molecule has 4 heteroatoms. The van der Waals surface area contributed by atoms with Crippen molar-refractivity contribution < 1.29 is 13.9 Å². The number of rotatable bonds is 2. The zero-order valence-electron chi connectivity index (χ0n) is 6.68. The summed E-state index contributed by atoms with van der Waals surface area (Å²) in [5, 5.41) is 8.09. The average molecular weight is 171 g/mol. The molecule has 0 N–H and O–H groups in total. The lowest BCUT2D eigenvalue weighted by atomic mass is 10.1. The number of ether oxygens (including phenoxy) is 1. The first kappa shape index (κ1) is 8.98. The van der Waals surface area contributed by atoms with Gasteiger partial charge in [-0.1, -0.05) is 0 Å². The smallest absolute Gasteiger partial charge is 0.344 e. The van der Waals surface area contributed by atoms with Crippen LogP contribution in [0, 0.1) is 11.3 Å². The lowest BCUT2D eigenvalue weighted by Gasteiger charge is -2.15. The van der Waals surface area contributed by atoms with E-state index >= 15 is 0 Å². The number of halogens is 1. The summed E-state index contributed by atoms with van der Waals surface area (Å²) in [6.07, 6.45) is 1.91. The third-order valence-electron chi connectivity index (χ3n) is 2.03. The van der Waals surface area contributed by atoms with Gasteiger partial charge in [0.1, 0.15) is 6.07 Å². The van der Waals surface area contributed by atoms with Crippen LogP contribution in [0.3, 0.4) is 0 Å². The topological polar surface area (TPSA) is 50.1 Å². The molecule has 0 spiro atoms. The van der Waals surface area contributed by atoms with E-state index < -0.39 is 11.6 Å². The molecule has 0 aromatic carbocycles. The van der Waals surface area contributed by atoms with Crippen LogP contribution < -0.4 is 0 Å². The van der Waals surface area contributed by atoms with Crippen molar-refractivity contribution in [2.45, 2.75) is 31.4 Å². The lowest BCUT2D eigenvalue weighted by molar-refractivity contribution is -0.155. The molecule has 0 atom stereocenters. The Morgan fingerprint density at radius 1 is 1.58 bits per heavy atom. The van der Waals surface area contributed by atoms with Crippen LogP contribution in [-0.4, -0.2) is 18.2 Å². The van der Waals surface area contributed by atoms with E-state index in [0.29, 0.717) is 0 Å². The maximum atomic E-state index is 13.4. The molecule has 0 unspecified atom stereocenters. The van der Waals surface area contributed by atoms with Crippen LogP contribution in [0.15, 0.2) is 0 Å². The molecule has 1 aliphatic rings. The van der Waals surface area contributed by atoms with Gasteiger partial charge < -0.3 is 4.74 Å². The quantitative estimate of drug-likeness (QED) is 0.589. The van der Waals surface area contributed by atoms with Gasteiger partial charge in [0.25, 0.3) is 0 Å². The maximum absolute atomic E-state index is 13.4. The van der Waals surface area contributed by atoms with E-state index in [2.05, 4.69) is 4.74 Å². The van der Waals surface area contributed by atoms with Gasteiger partial charge in [-0.15, -0.1) is 0 Å². The number of alkyl halides is 1. The molecule has 0 amide bonds. The van der Waals surface area contributed by atoms with Crippen molar-refractivity contribution in [1.29, 1.82) is 5.26 Å². The van der Waals surface area contributed by atoms with Crippen LogP contribution in [0.25, 0.3) is 0 Å². The van der Waals surface area contributed by atoms with Crippen LogP contribution in [0.4, 0.5) is 4.39 Å². The Kier molecular flexibility index (Phi) is 2.64. The SMILES string of the molecule is N#CCOC(=O)C1(F)CCCC1. The highest BCUT2D eigenvalue weighted by atomic mass is 19.1. The molecular weight excluding hydrogens is 161 g/mol. The summed E-state index contributed by atoms with van der Waals surface area (Å²) in [6, 6.07) is 1.63. The number of carbonyl (C=O) groups excluding carboxylic acids is 1. The van der Waals surface area contributed by atoms with Gasteiger partial charge >= 0.3 is 5.97 Å². The molecular formula is C8H10FNO2. The molecule has 1 saturated carbocycles. The Labute approximate surface area is 70.1 Å². The van der Waals surface area contributed by atoms with Gasteiger partial charge in [-0.05, 0) is 25.7 Å². The minimum absolute atomic E-state index is 0.233. The highest BCUT2D eigenvalue weighted by Gasteiger charge is 2.42. The van der Waals surface area contributed by atoms with Crippen LogP contribution in [-0.2, 0) is 9.53 Å². The normalized spacial score (nSPS) is 20.0. The van der Waals surface area contributed by atoms with E-state index in [1.54, 1.807) is 6.07 Å². The van der Waals surface area contributed by atoms with Crippen LogP contribution >= 0.6 is 0 Å². The van der Waals surface area contributed by atoms with E-state index in [9.17, 15) is 9.18 Å². The molecule has 1 fully saturated rings. The fraction of sp³-hybridized carbons (Fsp3) is 0.750. The van der Waals surface area contributed by atoms with Crippen molar-refractivity contribution in [2.24, 2.45) is 0 Å². The van der Waals surface area contributed by atoms with Crippen molar-refractivity contribution in [1.82, 2.24) is 0 Å². The third-order valence-corrected chi connectivity index (χ3v) is 2.03. The number of hydrogen-bond acceptors (Lipinski definition) is 3. The predicted octanol–water partition coefficient (Wildman–Crippen LogP) is 1.34. The summed E-state index contributed by atoms with van der Waals surface area (Å²) in [6.45, 7) is -0.357. The maximum Gasteiger partial charge on any atom is 0.344 e. The largest absolute Gasteiger partial charge is 0.448 e. The van der Waals surface area contributed by atoms with Crippen molar-refractivity contribution in [3.63, 3.8) is 0 Å². The Hall–Kier alpha value is -1.11. The van der Waals surface area contributed by atoms with Gasteiger partial charge in [-0.25, -0.2) is 9.18 Å². The molecule has 0 heterocycles. The van der Waals surface area contributed by atoms with Crippen molar-refractivity contribution in [3.05, 3.63) is 0 Å². The molecule has 0 radical (unpaired) electrons. The standard InChI is InChI=1S/C8H10FNO2/c9-8(3-1-2-4-8)7(11)12-6-5-10/h1-4,6H2. The van der Waals surface area contributed by atoms with Crippen LogP contribution in [0.1, 0.15) is 25.7 Å².